The summed E-state index contributed by atoms with van der Waals surface area (Å²) in [6, 6.07) is 2.03. The van der Waals surface area contributed by atoms with E-state index in [4.69, 9.17) is 0 Å². The third-order valence-electron chi connectivity index (χ3n) is 3.10. The van der Waals surface area contributed by atoms with Crippen LogP contribution < -0.4 is 0 Å². The minimum Gasteiger partial charge on any atom is -0.382 e. The molecule has 0 saturated heterocycles. The Morgan fingerprint density at radius 3 is 2.73 bits per heavy atom. The summed E-state index contributed by atoms with van der Waals surface area (Å²) < 4.78 is 0. The molecule has 0 radical (unpaired) electrons. The van der Waals surface area contributed by atoms with Gasteiger partial charge in [-0.25, -0.2) is 0 Å². The molecule has 15 heavy (non-hydrogen) atoms. The first-order valence-electron chi connectivity index (χ1n) is 5.40. The lowest BCUT2D eigenvalue weighted by molar-refractivity contribution is -0.136. The standard InChI is InChI=1S/C12H16O2S/c1-9-6-10(8-15-9)7-11(13)12(14)4-2-3-5-12/h6,8,14H,2-5,7H2,1H3. The molecule has 1 N–H and O–H groups in total. The van der Waals surface area contributed by atoms with E-state index < -0.39 is 5.60 Å². The van der Waals surface area contributed by atoms with E-state index in [1.165, 1.54) is 4.88 Å². The first-order valence-corrected chi connectivity index (χ1v) is 6.28. The van der Waals surface area contributed by atoms with E-state index >= 15 is 0 Å². The van der Waals surface area contributed by atoms with Gasteiger partial charge in [0.25, 0.3) is 0 Å². The monoisotopic (exact) mass is 224 g/mol. The maximum Gasteiger partial charge on any atom is 0.168 e. The number of thiophene rings is 1. The number of aryl methyl sites for hydroxylation is 1. The van der Waals surface area contributed by atoms with Crippen molar-refractivity contribution in [3.63, 3.8) is 0 Å². The molecule has 1 aliphatic carbocycles. The first-order chi connectivity index (χ1) is 7.10. The Morgan fingerprint density at radius 1 is 1.53 bits per heavy atom. The van der Waals surface area contributed by atoms with E-state index in [1.807, 2.05) is 18.4 Å². The maximum atomic E-state index is 11.9. The molecular weight excluding hydrogens is 208 g/mol. The summed E-state index contributed by atoms with van der Waals surface area (Å²) in [5.41, 5.74) is 0.0263. The molecule has 2 nitrogen and oxygen atoms in total. The van der Waals surface area contributed by atoms with Crippen molar-refractivity contribution >= 4 is 17.1 Å². The summed E-state index contributed by atoms with van der Waals surface area (Å²) in [4.78, 5) is 13.1. The molecule has 1 fully saturated rings. The van der Waals surface area contributed by atoms with Gasteiger partial charge in [-0.1, -0.05) is 0 Å². The van der Waals surface area contributed by atoms with E-state index in [9.17, 15) is 9.90 Å². The Bertz CT molecular complexity index is 361. The van der Waals surface area contributed by atoms with Crippen LogP contribution in [0.5, 0.6) is 0 Å². The fourth-order valence-electron chi connectivity index (χ4n) is 2.18. The van der Waals surface area contributed by atoms with E-state index in [0.717, 1.165) is 18.4 Å². The normalized spacial score (nSPS) is 19.3. The molecule has 1 heterocycles. The highest BCUT2D eigenvalue weighted by molar-refractivity contribution is 7.10. The molecule has 1 aromatic heterocycles. The zero-order valence-electron chi connectivity index (χ0n) is 8.95. The second-order valence-electron chi connectivity index (χ2n) is 4.40. The van der Waals surface area contributed by atoms with E-state index in [1.54, 1.807) is 11.3 Å². The number of aliphatic hydroxyl groups is 1. The highest BCUT2D eigenvalue weighted by Crippen LogP contribution is 2.31. The van der Waals surface area contributed by atoms with Gasteiger partial charge in [-0.2, -0.15) is 0 Å². The zero-order chi connectivity index (χ0) is 10.9. The second-order valence-corrected chi connectivity index (χ2v) is 5.52. The SMILES string of the molecule is Cc1cc(CC(=O)C2(O)CCCC2)cs1. The van der Waals surface area contributed by atoms with Gasteiger partial charge in [0.05, 0.1) is 0 Å². The van der Waals surface area contributed by atoms with Crippen LogP contribution >= 0.6 is 11.3 Å². The summed E-state index contributed by atoms with van der Waals surface area (Å²) in [5.74, 6) is -0.00204. The molecule has 1 aliphatic rings. The molecule has 82 valence electrons. The lowest BCUT2D eigenvalue weighted by Gasteiger charge is -2.19. The van der Waals surface area contributed by atoms with Crippen molar-refractivity contribution in [3.05, 3.63) is 21.9 Å². The molecular formula is C12H16O2S. The predicted octanol–water partition coefficient (Wildman–Crippen LogP) is 2.47. The summed E-state index contributed by atoms with van der Waals surface area (Å²) in [7, 11) is 0. The molecule has 0 aromatic carbocycles. The van der Waals surface area contributed by atoms with Crippen molar-refractivity contribution in [1.82, 2.24) is 0 Å². The maximum absolute atomic E-state index is 11.9. The third-order valence-corrected chi connectivity index (χ3v) is 4.01. The number of rotatable bonds is 3. The molecule has 2 rings (SSSR count). The van der Waals surface area contributed by atoms with E-state index in [2.05, 4.69) is 0 Å². The highest BCUT2D eigenvalue weighted by atomic mass is 32.1. The van der Waals surface area contributed by atoms with Crippen LogP contribution in [-0.2, 0) is 11.2 Å². The number of hydrogen-bond donors (Lipinski definition) is 1. The zero-order valence-corrected chi connectivity index (χ0v) is 9.77. The van der Waals surface area contributed by atoms with Crippen molar-refractivity contribution in [2.24, 2.45) is 0 Å². The summed E-state index contributed by atoms with van der Waals surface area (Å²) in [5, 5.41) is 12.1. The Hall–Kier alpha value is -0.670. The molecule has 1 aromatic rings. The molecule has 0 amide bonds. The highest BCUT2D eigenvalue weighted by Gasteiger charge is 2.38. The fourth-order valence-corrected chi connectivity index (χ4v) is 2.89. The van der Waals surface area contributed by atoms with Crippen LogP contribution in [0.1, 0.15) is 36.1 Å². The van der Waals surface area contributed by atoms with Gasteiger partial charge in [0.2, 0.25) is 0 Å². The molecule has 0 aliphatic heterocycles. The van der Waals surface area contributed by atoms with Gasteiger partial charge >= 0.3 is 0 Å². The van der Waals surface area contributed by atoms with Crippen molar-refractivity contribution < 1.29 is 9.90 Å². The smallest absolute Gasteiger partial charge is 0.168 e. The summed E-state index contributed by atoms with van der Waals surface area (Å²) in [6.45, 7) is 2.03. The Labute approximate surface area is 93.9 Å². The van der Waals surface area contributed by atoms with Crippen LogP contribution in [0.25, 0.3) is 0 Å². The topological polar surface area (TPSA) is 37.3 Å². The number of ketones is 1. The molecule has 0 unspecified atom stereocenters. The number of Topliss-reactive ketones (excluding diaryl/α,β-unsaturated/α-hetero) is 1. The van der Waals surface area contributed by atoms with Crippen molar-refractivity contribution in [1.29, 1.82) is 0 Å². The quantitative estimate of drug-likeness (QED) is 0.856. The van der Waals surface area contributed by atoms with E-state index in [-0.39, 0.29) is 5.78 Å². The lowest BCUT2D eigenvalue weighted by atomic mass is 9.92. The summed E-state index contributed by atoms with van der Waals surface area (Å²) in [6.07, 6.45) is 3.64. The Balaban J connectivity index is 2.03. The van der Waals surface area contributed by atoms with Gasteiger partial charge in [-0.15, -0.1) is 11.3 Å². The average Bonchev–Trinajstić information content (AvgIpc) is 2.76. The van der Waals surface area contributed by atoms with Crippen molar-refractivity contribution in [3.8, 4) is 0 Å². The van der Waals surface area contributed by atoms with Crippen LogP contribution in [0.3, 0.4) is 0 Å². The minimum atomic E-state index is -1.02. The van der Waals surface area contributed by atoms with Crippen LogP contribution in [0.4, 0.5) is 0 Å². The van der Waals surface area contributed by atoms with Crippen molar-refractivity contribution in [2.45, 2.75) is 44.6 Å². The average molecular weight is 224 g/mol. The lowest BCUT2D eigenvalue weighted by Crippen LogP contribution is -2.36. The van der Waals surface area contributed by atoms with Crippen LogP contribution in [0, 0.1) is 6.92 Å². The predicted molar refractivity (Wildman–Crippen MR) is 61.2 cm³/mol. The van der Waals surface area contributed by atoms with Gasteiger partial charge in [0, 0.05) is 11.3 Å². The number of carbonyl (C=O) groups excluding carboxylic acids is 1. The number of carbonyl (C=O) groups is 1. The van der Waals surface area contributed by atoms with Gasteiger partial charge in [0.1, 0.15) is 5.60 Å². The van der Waals surface area contributed by atoms with Gasteiger partial charge in [-0.05, 0) is 49.6 Å². The third kappa shape index (κ3) is 2.29. The van der Waals surface area contributed by atoms with Crippen LogP contribution in [-0.4, -0.2) is 16.5 Å². The molecule has 0 bridgehead atoms. The van der Waals surface area contributed by atoms with Crippen molar-refractivity contribution in [2.75, 3.05) is 0 Å². The molecule has 3 heteroatoms. The minimum absolute atomic E-state index is 0.00204. The van der Waals surface area contributed by atoms with E-state index in [0.29, 0.717) is 19.3 Å². The second kappa shape index (κ2) is 4.06. The van der Waals surface area contributed by atoms with Crippen LogP contribution in [0.15, 0.2) is 11.4 Å². The molecule has 0 atom stereocenters. The first kappa shape index (κ1) is 10.8. The molecule has 1 saturated carbocycles. The Kier molecular flexibility index (Phi) is 2.94. The van der Waals surface area contributed by atoms with Gasteiger partial charge in [-0.3, -0.25) is 4.79 Å². The summed E-state index contributed by atoms with van der Waals surface area (Å²) >= 11 is 1.65. The van der Waals surface area contributed by atoms with Crippen LogP contribution in [0.2, 0.25) is 0 Å². The van der Waals surface area contributed by atoms with Gasteiger partial charge < -0.3 is 5.11 Å². The number of hydrogen-bond acceptors (Lipinski definition) is 3. The van der Waals surface area contributed by atoms with Gasteiger partial charge in [0.15, 0.2) is 5.78 Å². The fraction of sp³-hybridized carbons (Fsp3) is 0.583. The molecule has 0 spiro atoms. The Morgan fingerprint density at radius 2 is 2.20 bits per heavy atom. The largest absolute Gasteiger partial charge is 0.382 e.